The summed E-state index contributed by atoms with van der Waals surface area (Å²) in [6.45, 7) is 0.700. The van der Waals surface area contributed by atoms with E-state index in [1.165, 1.54) is 11.1 Å². The van der Waals surface area contributed by atoms with Crippen LogP contribution in [-0.4, -0.2) is 40.7 Å². The number of nitrogens with zero attached hydrogens (tertiary/aromatic N) is 3. The van der Waals surface area contributed by atoms with E-state index in [2.05, 4.69) is 21.7 Å². The van der Waals surface area contributed by atoms with Gasteiger partial charge >= 0.3 is 6.03 Å². The zero-order valence-electron chi connectivity index (χ0n) is 21.4. The minimum absolute atomic E-state index is 0.222. The highest BCUT2D eigenvalue weighted by Crippen LogP contribution is 2.29. The molecular formula is C31H24N6O3. The highest BCUT2D eigenvalue weighted by molar-refractivity contribution is 6.45. The van der Waals surface area contributed by atoms with Crippen molar-refractivity contribution in [1.82, 2.24) is 9.88 Å². The van der Waals surface area contributed by atoms with Gasteiger partial charge in [-0.3, -0.25) is 9.59 Å². The fraction of sp³-hybridized carbons (Fsp3) is 0.129. The number of Topliss-reactive ketones (excluding diaryl/α,β-unsaturated/α-hetero) is 1. The largest absolute Gasteiger partial charge is 0.359 e. The van der Waals surface area contributed by atoms with Crippen molar-refractivity contribution in [3.8, 4) is 12.1 Å². The minimum Gasteiger partial charge on any atom is -0.359 e. The highest BCUT2D eigenvalue weighted by atomic mass is 16.2. The van der Waals surface area contributed by atoms with Crippen molar-refractivity contribution in [3.63, 3.8) is 0 Å². The lowest BCUT2D eigenvalue weighted by Crippen LogP contribution is -2.40. The van der Waals surface area contributed by atoms with E-state index in [0.717, 1.165) is 11.1 Å². The Morgan fingerprint density at radius 2 is 1.57 bits per heavy atom. The molecule has 0 saturated carbocycles. The Morgan fingerprint density at radius 1 is 0.850 bits per heavy atom. The molecule has 1 aliphatic heterocycles. The van der Waals surface area contributed by atoms with Gasteiger partial charge in [0.25, 0.3) is 11.7 Å². The molecule has 40 heavy (non-hydrogen) atoms. The van der Waals surface area contributed by atoms with E-state index in [1.807, 2.05) is 36.4 Å². The number of nitrogens with one attached hydrogen (secondary N) is 3. The lowest BCUT2D eigenvalue weighted by molar-refractivity contribution is -0.126. The first kappa shape index (κ1) is 26.0. The fourth-order valence-corrected chi connectivity index (χ4v) is 4.80. The molecule has 3 amide bonds. The van der Waals surface area contributed by atoms with Crippen molar-refractivity contribution >= 4 is 45.6 Å². The van der Waals surface area contributed by atoms with Crippen LogP contribution in [0.1, 0.15) is 34.3 Å². The zero-order chi connectivity index (χ0) is 28.1. The molecule has 5 rings (SSSR count). The molecule has 1 saturated heterocycles. The maximum Gasteiger partial charge on any atom is 0.323 e. The summed E-state index contributed by atoms with van der Waals surface area (Å²) < 4.78 is 0. The summed E-state index contributed by atoms with van der Waals surface area (Å²) >= 11 is 0. The normalized spacial score (nSPS) is 12.8. The average Bonchev–Trinajstić information content (AvgIpc) is 3.43. The fourth-order valence-electron chi connectivity index (χ4n) is 4.80. The minimum atomic E-state index is -0.638. The number of piperidine rings is 1. The maximum absolute atomic E-state index is 13.2. The van der Waals surface area contributed by atoms with E-state index in [-0.39, 0.29) is 5.56 Å². The Balaban J connectivity index is 1.27. The summed E-state index contributed by atoms with van der Waals surface area (Å²) in [5.74, 6) is -1.24. The molecule has 0 bridgehead atoms. The van der Waals surface area contributed by atoms with Crippen molar-refractivity contribution < 1.29 is 14.4 Å². The van der Waals surface area contributed by atoms with E-state index in [1.54, 1.807) is 42.5 Å². The van der Waals surface area contributed by atoms with Crippen molar-refractivity contribution in [2.24, 2.45) is 0 Å². The number of hydrogen-bond donors (Lipinski definition) is 3. The van der Waals surface area contributed by atoms with Crippen molar-refractivity contribution in [2.75, 3.05) is 23.7 Å². The number of allylic oxidation sites excluding steroid dienone is 1. The van der Waals surface area contributed by atoms with Crippen molar-refractivity contribution in [2.45, 2.75) is 12.8 Å². The second-order valence-corrected chi connectivity index (χ2v) is 9.28. The number of likely N-dealkylation sites (tertiary alicyclic amines) is 1. The van der Waals surface area contributed by atoms with E-state index >= 15 is 0 Å². The molecule has 1 aliphatic rings. The Kier molecular flexibility index (Phi) is 7.38. The smallest absolute Gasteiger partial charge is 0.323 e. The second-order valence-electron chi connectivity index (χ2n) is 9.28. The molecular weight excluding hydrogens is 504 g/mol. The molecule has 0 unspecified atom stereocenters. The number of anilines is 2. The molecule has 4 aromatic rings. The molecule has 2 heterocycles. The van der Waals surface area contributed by atoms with Crippen LogP contribution in [0.25, 0.3) is 16.5 Å². The van der Waals surface area contributed by atoms with Crippen LogP contribution in [-0.2, 0) is 4.79 Å². The topological polar surface area (TPSA) is 142 Å². The first-order valence-corrected chi connectivity index (χ1v) is 12.7. The molecule has 0 spiro atoms. The van der Waals surface area contributed by atoms with Gasteiger partial charge in [0.15, 0.2) is 0 Å². The number of para-hydroxylation sites is 1. The number of nitriles is 2. The van der Waals surface area contributed by atoms with Gasteiger partial charge in [0, 0.05) is 30.4 Å². The molecule has 3 aromatic carbocycles. The first-order valence-electron chi connectivity index (χ1n) is 12.7. The predicted molar refractivity (Wildman–Crippen MR) is 151 cm³/mol. The molecule has 3 N–H and O–H groups in total. The Morgan fingerprint density at radius 3 is 2.25 bits per heavy atom. The summed E-state index contributed by atoms with van der Waals surface area (Å²) in [6.07, 6.45) is 2.52. The van der Waals surface area contributed by atoms with Gasteiger partial charge in [-0.25, -0.2) is 4.79 Å². The number of hydrogen-bond acceptors (Lipinski definition) is 5. The quantitative estimate of drug-likeness (QED) is 0.179. The average molecular weight is 529 g/mol. The van der Waals surface area contributed by atoms with Gasteiger partial charge in [-0.2, -0.15) is 10.5 Å². The summed E-state index contributed by atoms with van der Waals surface area (Å²) in [5, 5.41) is 24.6. The van der Waals surface area contributed by atoms with Crippen LogP contribution in [0.5, 0.6) is 0 Å². The van der Waals surface area contributed by atoms with Gasteiger partial charge in [-0.15, -0.1) is 0 Å². The van der Waals surface area contributed by atoms with Crippen LogP contribution < -0.4 is 10.6 Å². The number of aromatic nitrogens is 1. The van der Waals surface area contributed by atoms with Crippen molar-refractivity contribution in [3.05, 3.63) is 101 Å². The third-order valence-corrected chi connectivity index (χ3v) is 6.86. The first-order chi connectivity index (χ1) is 19.5. The summed E-state index contributed by atoms with van der Waals surface area (Å²) in [6, 6.07) is 24.8. The van der Waals surface area contributed by atoms with E-state index in [0.29, 0.717) is 59.3 Å². The molecule has 196 valence electrons. The third kappa shape index (κ3) is 5.31. The van der Waals surface area contributed by atoms with E-state index in [4.69, 9.17) is 5.26 Å². The number of ketones is 1. The Labute approximate surface area is 230 Å². The van der Waals surface area contributed by atoms with E-state index < -0.39 is 17.7 Å². The summed E-state index contributed by atoms with van der Waals surface area (Å²) in [4.78, 5) is 43.5. The summed E-state index contributed by atoms with van der Waals surface area (Å²) in [7, 11) is 0. The lowest BCUT2D eigenvalue weighted by Gasteiger charge is -2.28. The van der Waals surface area contributed by atoms with E-state index in [9.17, 15) is 19.6 Å². The number of H-pyrrole nitrogens is 1. The molecule has 0 aliphatic carbocycles. The second kappa shape index (κ2) is 11.4. The number of carbonyl (C=O) groups is 3. The van der Waals surface area contributed by atoms with Gasteiger partial charge in [0.2, 0.25) is 0 Å². The molecule has 1 aromatic heterocycles. The van der Waals surface area contributed by atoms with Crippen LogP contribution in [0.2, 0.25) is 0 Å². The number of carbonyl (C=O) groups excluding carboxylic acids is 3. The number of benzene rings is 3. The number of urea groups is 1. The molecule has 0 atom stereocenters. The van der Waals surface area contributed by atoms with Crippen LogP contribution >= 0.6 is 0 Å². The maximum atomic E-state index is 13.2. The van der Waals surface area contributed by atoms with Crippen molar-refractivity contribution in [1.29, 1.82) is 10.5 Å². The van der Waals surface area contributed by atoms with Gasteiger partial charge in [-0.1, -0.05) is 42.5 Å². The van der Waals surface area contributed by atoms with Crippen LogP contribution in [0, 0.1) is 22.7 Å². The molecule has 0 radical (unpaired) electrons. The number of aromatic amines is 1. The standard InChI is InChI=1S/C31H24N6O3/c32-17-20-9-11-23(12-10-20)35-31(40)36-27-8-4-7-24-26(19-34-28(24)27)29(38)30(39)37-15-13-22(14-16-37)25(18-33)21-5-2-1-3-6-21/h1-12,19,34H,13-16H2,(H2,35,36,40). The highest BCUT2D eigenvalue weighted by Gasteiger charge is 2.29. The van der Waals surface area contributed by atoms with Gasteiger partial charge < -0.3 is 20.5 Å². The number of amides is 3. The molecule has 9 nitrogen and oxygen atoms in total. The predicted octanol–water partition coefficient (Wildman–Crippen LogP) is 5.47. The Bertz CT molecular complexity index is 1710. The van der Waals surface area contributed by atoms with Gasteiger partial charge in [-0.05, 0) is 54.3 Å². The summed E-state index contributed by atoms with van der Waals surface area (Å²) in [5.41, 5.74) is 4.62. The lowest BCUT2D eigenvalue weighted by atomic mass is 9.93. The van der Waals surface area contributed by atoms with Crippen LogP contribution in [0.3, 0.4) is 0 Å². The molecule has 9 heteroatoms. The number of rotatable bonds is 5. The monoisotopic (exact) mass is 528 g/mol. The van der Waals surface area contributed by atoms with Crippen LogP contribution in [0.4, 0.5) is 16.2 Å². The SMILES string of the molecule is N#CC(=C1CCN(C(=O)C(=O)c2c[nH]c3c(NC(=O)Nc4ccc(C#N)cc4)cccc23)CC1)c1ccccc1. The van der Waals surface area contributed by atoms with Gasteiger partial charge in [0.05, 0.1) is 40.0 Å². The van der Waals surface area contributed by atoms with Gasteiger partial charge in [0.1, 0.15) is 0 Å². The Hall–Kier alpha value is -5.67. The number of fused-ring (bicyclic) bond motifs is 1. The van der Waals surface area contributed by atoms with Crippen LogP contribution in [0.15, 0.2) is 84.6 Å². The molecule has 1 fully saturated rings. The third-order valence-electron chi connectivity index (χ3n) is 6.86. The zero-order valence-corrected chi connectivity index (χ0v) is 21.4.